The van der Waals surface area contributed by atoms with Crippen molar-refractivity contribution in [2.45, 2.75) is 44.1 Å². The maximum absolute atomic E-state index is 15.0. The number of carboxylic acids is 1. The van der Waals surface area contributed by atoms with Crippen LogP contribution in [0.3, 0.4) is 0 Å². The normalized spacial score (nSPS) is 17.1. The Morgan fingerprint density at radius 3 is 2.32 bits per heavy atom. The third-order valence-electron chi connectivity index (χ3n) is 6.17. The van der Waals surface area contributed by atoms with Gasteiger partial charge in [0.1, 0.15) is 27.9 Å². The number of hydrogen-bond acceptors (Lipinski definition) is 6. The van der Waals surface area contributed by atoms with Crippen LogP contribution in [0.15, 0.2) is 35.1 Å². The highest BCUT2D eigenvalue weighted by Crippen LogP contribution is 2.38. The molecule has 14 heteroatoms. The summed E-state index contributed by atoms with van der Waals surface area (Å²) in [5.74, 6) is -3.15. The summed E-state index contributed by atoms with van der Waals surface area (Å²) < 4.78 is 74.6. The van der Waals surface area contributed by atoms with Crippen molar-refractivity contribution >= 4 is 44.6 Å². The Hall–Kier alpha value is -3.16. The van der Waals surface area contributed by atoms with E-state index in [1.807, 2.05) is 6.07 Å². The molecule has 1 aromatic carbocycles. The summed E-state index contributed by atoms with van der Waals surface area (Å²) in [6.45, 7) is 1.16. The summed E-state index contributed by atoms with van der Waals surface area (Å²) in [5, 5.41) is 10.6. The first-order valence-electron chi connectivity index (χ1n) is 11.7. The minimum Gasteiger partial charge on any atom is -0.475 e. The lowest BCUT2D eigenvalue weighted by molar-refractivity contribution is -0.192. The number of carboxylic acid groups (broad SMARTS) is 1. The van der Waals surface area contributed by atoms with Crippen molar-refractivity contribution in [3.05, 3.63) is 52.3 Å². The fourth-order valence-corrected chi connectivity index (χ4v) is 4.37. The maximum Gasteiger partial charge on any atom is 0.490 e. The fraction of sp³-hybridized carbons (Fsp3) is 0.417. The smallest absolute Gasteiger partial charge is 0.475 e. The van der Waals surface area contributed by atoms with Crippen LogP contribution >= 0.6 is 15.9 Å². The largest absolute Gasteiger partial charge is 0.490 e. The highest BCUT2D eigenvalue weighted by Gasteiger charge is 2.38. The number of aromatic nitrogens is 3. The van der Waals surface area contributed by atoms with Gasteiger partial charge in [0.05, 0.1) is 11.7 Å². The lowest BCUT2D eigenvalue weighted by atomic mass is 9.88. The Balaban J connectivity index is 0.000000426. The molecule has 1 aliphatic carbocycles. The van der Waals surface area contributed by atoms with Crippen molar-refractivity contribution in [1.29, 1.82) is 0 Å². The van der Waals surface area contributed by atoms with Crippen LogP contribution in [0, 0.1) is 17.6 Å². The maximum atomic E-state index is 15.0. The molecule has 3 heterocycles. The number of pyridine rings is 1. The third kappa shape index (κ3) is 6.83. The molecule has 2 N–H and O–H groups in total. The summed E-state index contributed by atoms with van der Waals surface area (Å²) in [6.07, 6.45) is -1.57. The molecule has 38 heavy (non-hydrogen) atoms. The van der Waals surface area contributed by atoms with Gasteiger partial charge in [0.2, 0.25) is 0 Å². The highest BCUT2D eigenvalue weighted by atomic mass is 79.9. The van der Waals surface area contributed by atoms with Crippen LogP contribution < -0.4 is 10.2 Å². The standard InChI is InChI=1S/C22H21BrF3N5.C2HF3O2/c23-19-10-17-18(11-27-19)30-22(21(29-17)28-14-2-3-14)31-7-5-12(6-8-31)20(26)15-4-1-13(24)9-16(15)25;3-2(4,5)1(6)7/h1,4,9-12,14,20H,2-3,5-8H2,(H,28,29);(H,6,7). The van der Waals surface area contributed by atoms with Crippen molar-refractivity contribution in [1.82, 2.24) is 15.0 Å². The van der Waals surface area contributed by atoms with E-state index >= 15 is 4.39 Å². The first-order valence-corrected chi connectivity index (χ1v) is 12.5. The molecule has 3 aromatic rings. The molecule has 0 amide bonds. The van der Waals surface area contributed by atoms with Gasteiger partial charge in [-0.2, -0.15) is 13.2 Å². The van der Waals surface area contributed by atoms with E-state index < -0.39 is 30.0 Å². The van der Waals surface area contributed by atoms with Crippen molar-refractivity contribution in [3.63, 3.8) is 0 Å². The molecule has 2 fully saturated rings. The number of hydrogen-bond donors (Lipinski definition) is 2. The van der Waals surface area contributed by atoms with Gasteiger partial charge in [0.15, 0.2) is 11.6 Å². The minimum atomic E-state index is -5.08. The zero-order chi connectivity index (χ0) is 27.6. The van der Waals surface area contributed by atoms with Crippen molar-refractivity contribution in [2.75, 3.05) is 23.3 Å². The molecular formula is C24H22BrF6N5O2. The van der Waals surface area contributed by atoms with Crippen LogP contribution in [0.25, 0.3) is 11.0 Å². The summed E-state index contributed by atoms with van der Waals surface area (Å²) in [5.41, 5.74) is 1.37. The van der Waals surface area contributed by atoms with E-state index in [2.05, 4.69) is 31.1 Å². The molecule has 1 atom stereocenters. The monoisotopic (exact) mass is 605 g/mol. The summed E-state index contributed by atoms with van der Waals surface area (Å²) in [4.78, 5) is 24.8. The van der Waals surface area contributed by atoms with E-state index in [1.54, 1.807) is 6.20 Å². The van der Waals surface area contributed by atoms with E-state index in [-0.39, 0.29) is 11.5 Å². The van der Waals surface area contributed by atoms with Gasteiger partial charge in [-0.15, -0.1) is 0 Å². The topological polar surface area (TPSA) is 91.2 Å². The summed E-state index contributed by atoms with van der Waals surface area (Å²) in [7, 11) is 0. The van der Waals surface area contributed by atoms with Gasteiger partial charge in [0.25, 0.3) is 0 Å². The number of halogens is 7. The number of alkyl halides is 4. The van der Waals surface area contributed by atoms with Crippen LogP contribution in [-0.2, 0) is 4.79 Å². The molecule has 7 nitrogen and oxygen atoms in total. The van der Waals surface area contributed by atoms with E-state index in [0.29, 0.717) is 42.1 Å². The number of anilines is 2. The van der Waals surface area contributed by atoms with Gasteiger partial charge in [-0.1, -0.05) is 6.07 Å². The van der Waals surface area contributed by atoms with Crippen molar-refractivity contribution < 1.29 is 36.2 Å². The molecule has 0 radical (unpaired) electrons. The Morgan fingerprint density at radius 2 is 1.74 bits per heavy atom. The Morgan fingerprint density at radius 1 is 1.08 bits per heavy atom. The van der Waals surface area contributed by atoms with Crippen LogP contribution in [0.4, 0.5) is 38.0 Å². The number of aliphatic carboxylic acids is 1. The average Bonchev–Trinajstić information content (AvgIpc) is 3.67. The van der Waals surface area contributed by atoms with Gasteiger partial charge in [-0.05, 0) is 59.7 Å². The fourth-order valence-electron chi connectivity index (χ4n) is 4.05. The number of piperidine rings is 1. The van der Waals surface area contributed by atoms with Gasteiger partial charge in [-0.3, -0.25) is 0 Å². The molecule has 2 aromatic heterocycles. The zero-order valence-corrected chi connectivity index (χ0v) is 21.2. The summed E-state index contributed by atoms with van der Waals surface area (Å²) in [6, 6.07) is 5.29. The number of nitrogens with zero attached hydrogens (tertiary/aromatic N) is 4. The quantitative estimate of drug-likeness (QED) is 0.264. The molecule has 1 aliphatic heterocycles. The molecule has 204 valence electrons. The second kappa shape index (κ2) is 11.3. The lowest BCUT2D eigenvalue weighted by Crippen LogP contribution is -2.36. The van der Waals surface area contributed by atoms with Crippen LogP contribution in [0.2, 0.25) is 0 Å². The SMILES string of the molecule is Fc1ccc(C(F)C2CCN(c3nc4cnc(Br)cc4nc3NC3CC3)CC2)c(F)c1.O=C(O)C(F)(F)F. The number of nitrogens with one attached hydrogen (secondary N) is 1. The van der Waals surface area contributed by atoms with Crippen molar-refractivity contribution in [3.8, 4) is 0 Å². The highest BCUT2D eigenvalue weighted by molar-refractivity contribution is 9.10. The first-order chi connectivity index (χ1) is 17.9. The van der Waals surface area contributed by atoms with E-state index in [1.165, 1.54) is 6.07 Å². The van der Waals surface area contributed by atoms with E-state index in [4.69, 9.17) is 19.9 Å². The van der Waals surface area contributed by atoms with E-state index in [9.17, 15) is 22.0 Å². The van der Waals surface area contributed by atoms with Crippen molar-refractivity contribution in [2.24, 2.45) is 5.92 Å². The van der Waals surface area contributed by atoms with Crippen LogP contribution in [-0.4, -0.2) is 51.3 Å². The number of benzene rings is 1. The lowest BCUT2D eigenvalue weighted by Gasteiger charge is -2.35. The Bertz CT molecular complexity index is 1320. The minimum absolute atomic E-state index is 0.0712. The molecule has 1 unspecified atom stereocenters. The molecular weight excluding hydrogens is 584 g/mol. The molecule has 5 rings (SSSR count). The zero-order valence-electron chi connectivity index (χ0n) is 19.7. The van der Waals surface area contributed by atoms with Gasteiger partial charge < -0.3 is 15.3 Å². The van der Waals surface area contributed by atoms with Crippen LogP contribution in [0.1, 0.15) is 37.4 Å². The van der Waals surface area contributed by atoms with Crippen LogP contribution in [0.5, 0.6) is 0 Å². The average molecular weight is 606 g/mol. The molecule has 0 spiro atoms. The Kier molecular flexibility index (Phi) is 8.28. The first kappa shape index (κ1) is 27.9. The number of rotatable bonds is 5. The molecule has 0 bridgehead atoms. The Labute approximate surface area is 221 Å². The van der Waals surface area contributed by atoms with Gasteiger partial charge in [-0.25, -0.2) is 32.9 Å². The number of fused-ring (bicyclic) bond motifs is 1. The number of carbonyl (C=O) groups is 1. The van der Waals surface area contributed by atoms with Gasteiger partial charge >= 0.3 is 12.1 Å². The predicted octanol–water partition coefficient (Wildman–Crippen LogP) is 6.20. The third-order valence-corrected chi connectivity index (χ3v) is 6.61. The molecule has 1 saturated carbocycles. The van der Waals surface area contributed by atoms with Gasteiger partial charge in [0, 0.05) is 30.8 Å². The van der Waals surface area contributed by atoms with E-state index in [0.717, 1.165) is 42.1 Å². The predicted molar refractivity (Wildman–Crippen MR) is 131 cm³/mol. The molecule has 2 aliphatic rings. The molecule has 1 saturated heterocycles. The second-order valence-corrected chi connectivity index (χ2v) is 9.82. The second-order valence-electron chi connectivity index (χ2n) is 9.01. The summed E-state index contributed by atoms with van der Waals surface area (Å²) >= 11 is 3.37.